The Morgan fingerprint density at radius 1 is 1.45 bits per heavy atom. The Morgan fingerprint density at radius 3 is 2.80 bits per heavy atom. The summed E-state index contributed by atoms with van der Waals surface area (Å²) in [5.41, 5.74) is 2.66. The fraction of sp³-hybridized carbons (Fsp3) is 0.562. The molecule has 0 bridgehead atoms. The standard InChI is InChI=1S/C16H20BrClN2/c1-10(18)15-19-13-5-4-11(17)8-14(13)20(15)12-6-7-16(2,3)9-12/h4-5,8,10,12H,6-7,9H2,1-3H3. The molecule has 0 amide bonds. The number of imidazole rings is 1. The highest BCUT2D eigenvalue weighted by Gasteiger charge is 2.34. The van der Waals surface area contributed by atoms with E-state index in [0.29, 0.717) is 11.5 Å². The summed E-state index contributed by atoms with van der Waals surface area (Å²) in [6.07, 6.45) is 3.67. The van der Waals surface area contributed by atoms with Crippen LogP contribution in [0.3, 0.4) is 0 Å². The fourth-order valence-electron chi connectivity index (χ4n) is 3.37. The van der Waals surface area contributed by atoms with E-state index in [1.54, 1.807) is 0 Å². The fourth-order valence-corrected chi connectivity index (χ4v) is 3.87. The lowest BCUT2D eigenvalue weighted by Gasteiger charge is -2.21. The number of halogens is 2. The third-order valence-corrected chi connectivity index (χ3v) is 5.03. The van der Waals surface area contributed by atoms with Crippen LogP contribution in [0.15, 0.2) is 22.7 Å². The molecular formula is C16H20BrClN2. The van der Waals surface area contributed by atoms with Gasteiger partial charge in [0.05, 0.1) is 16.4 Å². The first-order valence-electron chi connectivity index (χ1n) is 7.19. The molecule has 1 saturated carbocycles. The summed E-state index contributed by atoms with van der Waals surface area (Å²) >= 11 is 9.94. The lowest BCUT2D eigenvalue weighted by atomic mass is 9.92. The van der Waals surface area contributed by atoms with Gasteiger partial charge in [-0.05, 0) is 49.8 Å². The maximum atomic E-state index is 6.37. The van der Waals surface area contributed by atoms with E-state index in [-0.39, 0.29) is 5.38 Å². The number of nitrogens with zero attached hydrogens (tertiary/aromatic N) is 2. The lowest BCUT2D eigenvalue weighted by molar-refractivity contribution is 0.358. The van der Waals surface area contributed by atoms with Crippen LogP contribution in [0, 0.1) is 5.41 Å². The highest BCUT2D eigenvalue weighted by Crippen LogP contribution is 2.46. The maximum absolute atomic E-state index is 6.37. The molecule has 0 saturated heterocycles. The van der Waals surface area contributed by atoms with Crippen LogP contribution in [-0.2, 0) is 0 Å². The van der Waals surface area contributed by atoms with Gasteiger partial charge < -0.3 is 4.57 Å². The Bertz CT molecular complexity index is 645. The summed E-state index contributed by atoms with van der Waals surface area (Å²) in [5, 5.41) is -0.0649. The summed E-state index contributed by atoms with van der Waals surface area (Å²) in [6.45, 7) is 6.71. The monoisotopic (exact) mass is 354 g/mol. The van der Waals surface area contributed by atoms with Crippen molar-refractivity contribution in [1.82, 2.24) is 9.55 Å². The second kappa shape index (κ2) is 5.03. The Kier molecular flexibility index (Phi) is 3.62. The molecule has 4 heteroatoms. The first-order valence-corrected chi connectivity index (χ1v) is 8.42. The molecule has 3 rings (SSSR count). The van der Waals surface area contributed by atoms with Crippen LogP contribution >= 0.6 is 27.5 Å². The summed E-state index contributed by atoms with van der Waals surface area (Å²) in [6, 6.07) is 6.79. The zero-order valence-corrected chi connectivity index (χ0v) is 14.5. The molecule has 1 aliphatic carbocycles. The lowest BCUT2D eigenvalue weighted by Crippen LogP contribution is -2.12. The molecule has 20 heavy (non-hydrogen) atoms. The number of benzene rings is 1. The molecule has 1 aliphatic rings. The van der Waals surface area contributed by atoms with Crippen molar-refractivity contribution in [1.29, 1.82) is 0 Å². The van der Waals surface area contributed by atoms with Gasteiger partial charge in [-0.1, -0.05) is 29.8 Å². The van der Waals surface area contributed by atoms with Crippen LogP contribution in [0.2, 0.25) is 0 Å². The Morgan fingerprint density at radius 2 is 2.20 bits per heavy atom. The zero-order chi connectivity index (χ0) is 14.5. The van der Waals surface area contributed by atoms with Gasteiger partial charge in [-0.15, -0.1) is 11.6 Å². The molecule has 0 radical (unpaired) electrons. The molecule has 1 aromatic heterocycles. The minimum atomic E-state index is -0.0649. The topological polar surface area (TPSA) is 17.8 Å². The quantitative estimate of drug-likeness (QED) is 0.618. The number of hydrogen-bond donors (Lipinski definition) is 0. The molecule has 2 unspecified atom stereocenters. The second-order valence-electron chi connectivity index (χ2n) is 6.65. The van der Waals surface area contributed by atoms with E-state index in [1.165, 1.54) is 24.8 Å². The molecule has 2 aromatic rings. The molecule has 1 aromatic carbocycles. The van der Waals surface area contributed by atoms with Crippen LogP contribution in [0.25, 0.3) is 11.0 Å². The first kappa shape index (κ1) is 14.4. The van der Waals surface area contributed by atoms with Crippen LogP contribution in [0.4, 0.5) is 0 Å². The van der Waals surface area contributed by atoms with Crippen molar-refractivity contribution in [2.24, 2.45) is 5.41 Å². The molecule has 0 aliphatic heterocycles. The van der Waals surface area contributed by atoms with E-state index >= 15 is 0 Å². The summed E-state index contributed by atoms with van der Waals surface area (Å²) in [7, 11) is 0. The summed E-state index contributed by atoms with van der Waals surface area (Å²) < 4.78 is 3.48. The van der Waals surface area contributed by atoms with E-state index in [2.05, 4.69) is 46.5 Å². The van der Waals surface area contributed by atoms with Crippen molar-refractivity contribution < 1.29 is 0 Å². The number of hydrogen-bond acceptors (Lipinski definition) is 1. The predicted octanol–water partition coefficient (Wildman–Crippen LogP) is 5.85. The molecule has 108 valence electrons. The molecule has 0 spiro atoms. The summed E-state index contributed by atoms with van der Waals surface area (Å²) in [5.74, 6) is 1.00. The van der Waals surface area contributed by atoms with Crippen molar-refractivity contribution in [2.75, 3.05) is 0 Å². The van der Waals surface area contributed by atoms with E-state index in [9.17, 15) is 0 Å². The third-order valence-electron chi connectivity index (χ3n) is 4.34. The Labute approximate surface area is 133 Å². The summed E-state index contributed by atoms with van der Waals surface area (Å²) in [4.78, 5) is 4.76. The largest absolute Gasteiger partial charge is 0.324 e. The van der Waals surface area contributed by atoms with Crippen molar-refractivity contribution in [3.8, 4) is 0 Å². The van der Waals surface area contributed by atoms with E-state index in [0.717, 1.165) is 15.8 Å². The van der Waals surface area contributed by atoms with Crippen LogP contribution in [0.1, 0.15) is 57.3 Å². The smallest absolute Gasteiger partial charge is 0.127 e. The molecule has 0 N–H and O–H groups in total. The van der Waals surface area contributed by atoms with E-state index in [4.69, 9.17) is 16.6 Å². The Balaban J connectivity index is 2.16. The maximum Gasteiger partial charge on any atom is 0.127 e. The van der Waals surface area contributed by atoms with Crippen molar-refractivity contribution in [2.45, 2.75) is 51.5 Å². The van der Waals surface area contributed by atoms with Gasteiger partial charge in [0.2, 0.25) is 0 Å². The number of fused-ring (bicyclic) bond motifs is 1. The highest BCUT2D eigenvalue weighted by molar-refractivity contribution is 9.10. The van der Waals surface area contributed by atoms with Gasteiger partial charge in [-0.2, -0.15) is 0 Å². The molecule has 1 fully saturated rings. The molecule has 1 heterocycles. The van der Waals surface area contributed by atoms with Gasteiger partial charge in [-0.3, -0.25) is 0 Å². The van der Waals surface area contributed by atoms with Gasteiger partial charge in [0, 0.05) is 10.5 Å². The van der Waals surface area contributed by atoms with Crippen LogP contribution in [-0.4, -0.2) is 9.55 Å². The normalized spacial score (nSPS) is 23.4. The van der Waals surface area contributed by atoms with E-state index in [1.807, 2.05) is 13.0 Å². The molecule has 2 nitrogen and oxygen atoms in total. The highest BCUT2D eigenvalue weighted by atomic mass is 79.9. The van der Waals surface area contributed by atoms with Gasteiger partial charge in [-0.25, -0.2) is 4.98 Å². The molecular weight excluding hydrogens is 336 g/mol. The van der Waals surface area contributed by atoms with Crippen LogP contribution < -0.4 is 0 Å². The minimum Gasteiger partial charge on any atom is -0.324 e. The zero-order valence-electron chi connectivity index (χ0n) is 12.2. The number of alkyl halides is 1. The van der Waals surface area contributed by atoms with Crippen molar-refractivity contribution >= 4 is 38.6 Å². The average molecular weight is 356 g/mol. The minimum absolute atomic E-state index is 0.0649. The Hall–Kier alpha value is -0.540. The number of rotatable bonds is 2. The van der Waals surface area contributed by atoms with Crippen molar-refractivity contribution in [3.05, 3.63) is 28.5 Å². The SMILES string of the molecule is CC(Cl)c1nc2ccc(Br)cc2n1C1CCC(C)(C)C1. The third kappa shape index (κ3) is 2.50. The van der Waals surface area contributed by atoms with Gasteiger partial charge >= 0.3 is 0 Å². The van der Waals surface area contributed by atoms with Gasteiger partial charge in [0.1, 0.15) is 5.82 Å². The first-order chi connectivity index (χ1) is 9.37. The molecule has 2 atom stereocenters. The van der Waals surface area contributed by atoms with E-state index < -0.39 is 0 Å². The van der Waals surface area contributed by atoms with Crippen molar-refractivity contribution in [3.63, 3.8) is 0 Å². The number of aromatic nitrogens is 2. The second-order valence-corrected chi connectivity index (χ2v) is 8.22. The van der Waals surface area contributed by atoms with Crippen LogP contribution in [0.5, 0.6) is 0 Å². The average Bonchev–Trinajstić information content (AvgIpc) is 2.88. The predicted molar refractivity (Wildman–Crippen MR) is 88.4 cm³/mol. The van der Waals surface area contributed by atoms with Gasteiger partial charge in [0.25, 0.3) is 0 Å². The van der Waals surface area contributed by atoms with Gasteiger partial charge in [0.15, 0.2) is 0 Å².